The van der Waals surface area contributed by atoms with Crippen molar-refractivity contribution in [2.45, 2.75) is 32.8 Å². The molecule has 1 aromatic carbocycles. The predicted octanol–water partition coefficient (Wildman–Crippen LogP) is 3.62. The molecule has 88 valence electrons. The second-order valence-corrected chi connectivity index (χ2v) is 5.11. The smallest absolute Gasteiger partial charge is 0.120 e. The Labute approximate surface area is 105 Å². The van der Waals surface area contributed by atoms with Crippen molar-refractivity contribution in [1.29, 1.82) is 0 Å². The Bertz CT molecular complexity index is 347. The molecule has 1 unspecified atom stereocenters. The fourth-order valence-electron chi connectivity index (χ4n) is 1.95. The van der Waals surface area contributed by atoms with Gasteiger partial charge in [-0.15, -0.1) is 0 Å². The maximum atomic E-state index is 5.76. The fourth-order valence-corrected chi connectivity index (χ4v) is 2.18. The van der Waals surface area contributed by atoms with E-state index >= 15 is 0 Å². The highest BCUT2D eigenvalue weighted by molar-refractivity contribution is 9.10. The number of rotatable bonds is 3. The maximum absolute atomic E-state index is 5.76. The zero-order valence-corrected chi connectivity index (χ0v) is 11.3. The molecule has 1 saturated heterocycles. The van der Waals surface area contributed by atoms with Crippen molar-refractivity contribution in [3.8, 4) is 5.75 Å². The van der Waals surface area contributed by atoms with Crippen molar-refractivity contribution in [2.75, 3.05) is 13.2 Å². The average Bonchev–Trinajstić information content (AvgIpc) is 2.75. The molecule has 16 heavy (non-hydrogen) atoms. The summed E-state index contributed by atoms with van der Waals surface area (Å²) in [5.74, 6) is 0.939. The Hall–Kier alpha value is -0.540. The molecule has 1 aromatic rings. The Morgan fingerprint density at radius 2 is 2.06 bits per heavy atom. The van der Waals surface area contributed by atoms with Crippen LogP contribution in [0, 0.1) is 13.8 Å². The number of ether oxygens (including phenoxy) is 2. The quantitative estimate of drug-likeness (QED) is 0.844. The van der Waals surface area contributed by atoms with Gasteiger partial charge in [0, 0.05) is 11.1 Å². The highest BCUT2D eigenvalue weighted by atomic mass is 79.9. The molecule has 2 rings (SSSR count). The maximum Gasteiger partial charge on any atom is 0.120 e. The standard InChI is InChI=1S/C13H17BrO2/c1-9-6-12(7-10(2)13(9)14)16-8-11-4-3-5-15-11/h6-7,11H,3-5,8H2,1-2H3. The number of halogens is 1. The topological polar surface area (TPSA) is 18.5 Å². The van der Waals surface area contributed by atoms with Gasteiger partial charge < -0.3 is 9.47 Å². The van der Waals surface area contributed by atoms with E-state index in [1.807, 2.05) is 0 Å². The molecule has 0 amide bonds. The van der Waals surface area contributed by atoms with Crippen LogP contribution in [0.4, 0.5) is 0 Å². The lowest BCUT2D eigenvalue weighted by Gasteiger charge is -2.13. The Kier molecular flexibility index (Phi) is 3.87. The van der Waals surface area contributed by atoms with Crippen LogP contribution in [0.1, 0.15) is 24.0 Å². The van der Waals surface area contributed by atoms with E-state index in [1.54, 1.807) is 0 Å². The van der Waals surface area contributed by atoms with Gasteiger partial charge in [-0.2, -0.15) is 0 Å². The Morgan fingerprint density at radius 1 is 1.38 bits per heavy atom. The first-order valence-electron chi connectivity index (χ1n) is 5.68. The van der Waals surface area contributed by atoms with Gasteiger partial charge in [-0.25, -0.2) is 0 Å². The third-order valence-corrected chi connectivity index (χ3v) is 4.12. The lowest BCUT2D eigenvalue weighted by Crippen LogP contribution is -2.16. The molecule has 0 aliphatic carbocycles. The van der Waals surface area contributed by atoms with Crippen molar-refractivity contribution in [2.24, 2.45) is 0 Å². The second-order valence-electron chi connectivity index (χ2n) is 4.32. The molecule has 0 saturated carbocycles. The normalized spacial score (nSPS) is 20.1. The van der Waals surface area contributed by atoms with Crippen LogP contribution in [0.15, 0.2) is 16.6 Å². The fraction of sp³-hybridized carbons (Fsp3) is 0.538. The van der Waals surface area contributed by atoms with Crippen molar-refractivity contribution < 1.29 is 9.47 Å². The molecule has 0 aromatic heterocycles. The van der Waals surface area contributed by atoms with Gasteiger partial charge in [0.1, 0.15) is 12.4 Å². The lowest BCUT2D eigenvalue weighted by molar-refractivity contribution is 0.0679. The minimum atomic E-state index is 0.282. The molecular formula is C13H17BrO2. The van der Waals surface area contributed by atoms with Crippen LogP contribution in [0.5, 0.6) is 5.75 Å². The number of hydrogen-bond donors (Lipinski definition) is 0. The average molecular weight is 285 g/mol. The summed E-state index contributed by atoms with van der Waals surface area (Å²) in [6.45, 7) is 5.71. The second kappa shape index (κ2) is 5.19. The van der Waals surface area contributed by atoms with Gasteiger partial charge in [0.2, 0.25) is 0 Å². The summed E-state index contributed by atoms with van der Waals surface area (Å²) in [5.41, 5.74) is 2.42. The molecule has 0 spiro atoms. The van der Waals surface area contributed by atoms with E-state index in [-0.39, 0.29) is 6.10 Å². The van der Waals surface area contributed by atoms with Crippen LogP contribution in [0.3, 0.4) is 0 Å². The zero-order valence-electron chi connectivity index (χ0n) is 9.75. The van der Waals surface area contributed by atoms with Gasteiger partial charge in [-0.1, -0.05) is 15.9 Å². The van der Waals surface area contributed by atoms with Gasteiger partial charge in [0.05, 0.1) is 6.10 Å². The van der Waals surface area contributed by atoms with Crippen molar-refractivity contribution >= 4 is 15.9 Å². The monoisotopic (exact) mass is 284 g/mol. The van der Waals surface area contributed by atoms with E-state index in [0.717, 1.165) is 29.7 Å². The van der Waals surface area contributed by atoms with Crippen LogP contribution >= 0.6 is 15.9 Å². The number of benzene rings is 1. The Balaban J connectivity index is 1.98. The van der Waals surface area contributed by atoms with Gasteiger partial charge >= 0.3 is 0 Å². The van der Waals surface area contributed by atoms with Gasteiger partial charge in [0.25, 0.3) is 0 Å². The lowest BCUT2D eigenvalue weighted by atomic mass is 10.1. The highest BCUT2D eigenvalue weighted by Crippen LogP contribution is 2.26. The minimum absolute atomic E-state index is 0.282. The zero-order chi connectivity index (χ0) is 11.5. The first-order chi connectivity index (χ1) is 7.66. The summed E-state index contributed by atoms with van der Waals surface area (Å²) in [5, 5.41) is 0. The van der Waals surface area contributed by atoms with Crippen LogP contribution in [-0.2, 0) is 4.74 Å². The van der Waals surface area contributed by atoms with E-state index in [0.29, 0.717) is 6.61 Å². The first-order valence-corrected chi connectivity index (χ1v) is 6.47. The van der Waals surface area contributed by atoms with Crippen LogP contribution < -0.4 is 4.74 Å². The van der Waals surface area contributed by atoms with E-state index < -0.39 is 0 Å². The summed E-state index contributed by atoms with van der Waals surface area (Å²) < 4.78 is 12.4. The van der Waals surface area contributed by atoms with Crippen molar-refractivity contribution in [3.05, 3.63) is 27.7 Å². The van der Waals surface area contributed by atoms with Crippen LogP contribution in [0.2, 0.25) is 0 Å². The molecule has 1 fully saturated rings. The van der Waals surface area contributed by atoms with Gasteiger partial charge in [-0.3, -0.25) is 0 Å². The predicted molar refractivity (Wildman–Crippen MR) is 68.1 cm³/mol. The first kappa shape index (κ1) is 11.9. The number of hydrogen-bond acceptors (Lipinski definition) is 2. The largest absolute Gasteiger partial charge is 0.491 e. The van der Waals surface area contributed by atoms with Crippen LogP contribution in [-0.4, -0.2) is 19.3 Å². The SMILES string of the molecule is Cc1cc(OCC2CCCO2)cc(C)c1Br. The minimum Gasteiger partial charge on any atom is -0.491 e. The molecule has 1 aliphatic rings. The highest BCUT2D eigenvalue weighted by Gasteiger charge is 2.16. The molecular weight excluding hydrogens is 268 g/mol. The summed E-state index contributed by atoms with van der Waals surface area (Å²) in [6.07, 6.45) is 2.56. The molecule has 2 nitrogen and oxygen atoms in total. The summed E-state index contributed by atoms with van der Waals surface area (Å²) in [7, 11) is 0. The third-order valence-electron chi connectivity index (χ3n) is 2.87. The molecule has 0 N–H and O–H groups in total. The molecule has 1 heterocycles. The molecule has 1 atom stereocenters. The number of aryl methyl sites for hydroxylation is 2. The van der Waals surface area contributed by atoms with Crippen molar-refractivity contribution in [3.63, 3.8) is 0 Å². The van der Waals surface area contributed by atoms with E-state index in [2.05, 4.69) is 41.9 Å². The summed E-state index contributed by atoms with van der Waals surface area (Å²) in [4.78, 5) is 0. The summed E-state index contributed by atoms with van der Waals surface area (Å²) in [6, 6.07) is 4.12. The van der Waals surface area contributed by atoms with Crippen LogP contribution in [0.25, 0.3) is 0 Å². The summed E-state index contributed by atoms with van der Waals surface area (Å²) >= 11 is 3.55. The molecule has 1 aliphatic heterocycles. The van der Waals surface area contributed by atoms with Gasteiger partial charge in [0.15, 0.2) is 0 Å². The Morgan fingerprint density at radius 3 is 2.62 bits per heavy atom. The van der Waals surface area contributed by atoms with Crippen molar-refractivity contribution in [1.82, 2.24) is 0 Å². The molecule has 0 bridgehead atoms. The molecule has 3 heteroatoms. The molecule has 0 radical (unpaired) electrons. The van der Waals surface area contributed by atoms with Gasteiger partial charge in [-0.05, 0) is 49.9 Å². The van der Waals surface area contributed by atoms with E-state index in [4.69, 9.17) is 9.47 Å². The third kappa shape index (κ3) is 2.77. The van der Waals surface area contributed by atoms with E-state index in [9.17, 15) is 0 Å². The van der Waals surface area contributed by atoms with E-state index in [1.165, 1.54) is 11.1 Å².